The van der Waals surface area contributed by atoms with E-state index in [-0.39, 0.29) is 11.3 Å². The minimum atomic E-state index is -1.29. The van der Waals surface area contributed by atoms with Crippen LogP contribution in [0.3, 0.4) is 0 Å². The molecule has 0 atom stereocenters. The maximum Gasteiger partial charge on any atom is 0.342 e. The van der Waals surface area contributed by atoms with Crippen LogP contribution in [0.2, 0.25) is 0 Å². The minimum Gasteiger partial charge on any atom is -0.477 e. The van der Waals surface area contributed by atoms with Gasteiger partial charge in [0, 0.05) is 9.64 Å². The average molecular weight is 378 g/mol. The molecule has 1 aliphatic rings. The smallest absolute Gasteiger partial charge is 0.342 e. The van der Waals surface area contributed by atoms with Crippen LogP contribution in [-0.4, -0.2) is 29.1 Å². The number of nitrogens with one attached hydrogen (secondary N) is 1. The number of carboxylic acid groups (broad SMARTS) is 1. The van der Waals surface area contributed by atoms with Crippen molar-refractivity contribution in [1.82, 2.24) is 5.32 Å². The van der Waals surface area contributed by atoms with Crippen LogP contribution in [0.25, 0.3) is 0 Å². The molecule has 1 aromatic rings. The first kappa shape index (κ1) is 15.8. The summed E-state index contributed by atoms with van der Waals surface area (Å²) in [6.07, 6.45) is 4.22. The third-order valence-electron chi connectivity index (χ3n) is 2.59. The van der Waals surface area contributed by atoms with Crippen LogP contribution >= 0.6 is 22.6 Å². The highest BCUT2D eigenvalue weighted by molar-refractivity contribution is 14.1. The number of nitrogens with zero attached hydrogens (tertiary/aromatic N) is 1. The van der Waals surface area contributed by atoms with Crippen molar-refractivity contribution in [3.8, 4) is 0 Å². The SMILES string of the molecule is C1CCNCC1.O=C(O)c1ccc(I)cc1[N+](=O)[O-]. The number of piperidine rings is 1. The number of carboxylic acids is 1. The van der Waals surface area contributed by atoms with E-state index in [1.54, 1.807) is 0 Å². The maximum atomic E-state index is 10.5. The lowest BCUT2D eigenvalue weighted by Crippen LogP contribution is -2.21. The molecule has 104 valence electrons. The van der Waals surface area contributed by atoms with E-state index in [4.69, 9.17) is 5.11 Å². The Labute approximate surface area is 124 Å². The molecule has 1 aliphatic heterocycles. The van der Waals surface area contributed by atoms with Gasteiger partial charge in [0.15, 0.2) is 0 Å². The zero-order valence-electron chi connectivity index (χ0n) is 10.3. The number of nitro groups is 1. The quantitative estimate of drug-likeness (QED) is 0.469. The predicted octanol–water partition coefficient (Wildman–Crippen LogP) is 2.66. The van der Waals surface area contributed by atoms with Gasteiger partial charge < -0.3 is 10.4 Å². The van der Waals surface area contributed by atoms with Crippen LogP contribution in [-0.2, 0) is 0 Å². The van der Waals surface area contributed by atoms with Crippen molar-refractivity contribution in [1.29, 1.82) is 0 Å². The Kier molecular flexibility index (Phi) is 6.71. The van der Waals surface area contributed by atoms with Gasteiger partial charge in [-0.2, -0.15) is 0 Å². The first-order chi connectivity index (χ1) is 9.02. The van der Waals surface area contributed by atoms with E-state index in [0.717, 1.165) is 0 Å². The first-order valence-electron chi connectivity index (χ1n) is 5.90. The second-order valence-corrected chi connectivity index (χ2v) is 5.28. The molecule has 6 nitrogen and oxygen atoms in total. The van der Waals surface area contributed by atoms with Crippen LogP contribution in [0.4, 0.5) is 5.69 Å². The molecule has 1 heterocycles. The Morgan fingerprint density at radius 2 is 1.95 bits per heavy atom. The van der Waals surface area contributed by atoms with Crippen LogP contribution in [0.1, 0.15) is 29.6 Å². The molecule has 0 unspecified atom stereocenters. The van der Waals surface area contributed by atoms with Gasteiger partial charge >= 0.3 is 5.97 Å². The van der Waals surface area contributed by atoms with E-state index >= 15 is 0 Å². The number of aromatic carboxylic acids is 1. The van der Waals surface area contributed by atoms with Gasteiger partial charge in [0.1, 0.15) is 5.56 Å². The molecule has 0 aliphatic carbocycles. The van der Waals surface area contributed by atoms with E-state index in [1.165, 1.54) is 50.6 Å². The van der Waals surface area contributed by atoms with Gasteiger partial charge in [0.05, 0.1) is 4.92 Å². The topological polar surface area (TPSA) is 92.5 Å². The Hall–Kier alpha value is -1.22. The number of nitro benzene ring substituents is 1. The molecule has 7 heteroatoms. The maximum absolute atomic E-state index is 10.5. The van der Waals surface area contributed by atoms with Crippen molar-refractivity contribution < 1.29 is 14.8 Å². The van der Waals surface area contributed by atoms with Crippen LogP contribution < -0.4 is 5.32 Å². The highest BCUT2D eigenvalue weighted by Crippen LogP contribution is 2.21. The fourth-order valence-corrected chi connectivity index (χ4v) is 2.11. The zero-order chi connectivity index (χ0) is 14.3. The number of hydrogen-bond donors (Lipinski definition) is 2. The van der Waals surface area contributed by atoms with E-state index in [2.05, 4.69) is 5.32 Å². The van der Waals surface area contributed by atoms with Crippen molar-refractivity contribution in [3.05, 3.63) is 37.4 Å². The van der Waals surface area contributed by atoms with Crippen molar-refractivity contribution in [2.75, 3.05) is 13.1 Å². The summed E-state index contributed by atoms with van der Waals surface area (Å²) in [6, 6.07) is 3.96. The summed E-state index contributed by atoms with van der Waals surface area (Å²) in [5.74, 6) is -1.29. The third-order valence-corrected chi connectivity index (χ3v) is 3.26. The van der Waals surface area contributed by atoms with E-state index < -0.39 is 10.9 Å². The molecule has 19 heavy (non-hydrogen) atoms. The molecule has 2 N–H and O–H groups in total. The van der Waals surface area contributed by atoms with Gasteiger partial charge in [0.25, 0.3) is 5.69 Å². The second kappa shape index (κ2) is 8.05. The normalized spacial score (nSPS) is 14.2. The van der Waals surface area contributed by atoms with Crippen molar-refractivity contribution in [3.63, 3.8) is 0 Å². The van der Waals surface area contributed by atoms with E-state index in [9.17, 15) is 14.9 Å². The first-order valence-corrected chi connectivity index (χ1v) is 6.98. The Morgan fingerprint density at radius 3 is 2.32 bits per heavy atom. The van der Waals surface area contributed by atoms with Gasteiger partial charge in [-0.05, 0) is 60.7 Å². The summed E-state index contributed by atoms with van der Waals surface area (Å²) in [5.41, 5.74) is -0.662. The molecule has 2 rings (SSSR count). The standard InChI is InChI=1S/C7H4INO4.C5H11N/c8-4-1-2-5(7(10)11)6(3-4)9(12)13;1-2-4-6-5-3-1/h1-3H,(H,10,11);6H,1-5H2. The number of carbonyl (C=O) groups is 1. The number of hydrogen-bond acceptors (Lipinski definition) is 4. The fourth-order valence-electron chi connectivity index (χ4n) is 1.64. The molecular weight excluding hydrogens is 363 g/mol. The van der Waals surface area contributed by atoms with Crippen molar-refractivity contribution >= 4 is 34.2 Å². The highest BCUT2D eigenvalue weighted by Gasteiger charge is 2.19. The molecule has 1 saturated heterocycles. The summed E-state index contributed by atoms with van der Waals surface area (Å²) in [7, 11) is 0. The monoisotopic (exact) mass is 378 g/mol. The van der Waals surface area contributed by atoms with Crippen LogP contribution in [0, 0.1) is 13.7 Å². The molecular formula is C12H15IN2O4. The van der Waals surface area contributed by atoms with Crippen molar-refractivity contribution in [2.24, 2.45) is 0 Å². The van der Waals surface area contributed by atoms with Gasteiger partial charge in [0.2, 0.25) is 0 Å². The molecule has 0 spiro atoms. The number of rotatable bonds is 2. The lowest BCUT2D eigenvalue weighted by molar-refractivity contribution is -0.385. The Morgan fingerprint density at radius 1 is 1.32 bits per heavy atom. The zero-order valence-corrected chi connectivity index (χ0v) is 12.4. The van der Waals surface area contributed by atoms with Crippen LogP contribution in [0.5, 0.6) is 0 Å². The lowest BCUT2D eigenvalue weighted by atomic mass is 10.2. The largest absolute Gasteiger partial charge is 0.477 e. The summed E-state index contributed by atoms with van der Waals surface area (Å²) in [4.78, 5) is 20.2. The van der Waals surface area contributed by atoms with Gasteiger partial charge in [-0.15, -0.1) is 0 Å². The van der Waals surface area contributed by atoms with Crippen LogP contribution in [0.15, 0.2) is 18.2 Å². The molecule has 0 aromatic heterocycles. The molecule has 0 radical (unpaired) electrons. The second-order valence-electron chi connectivity index (χ2n) is 4.03. The Balaban J connectivity index is 0.000000250. The average Bonchev–Trinajstić information content (AvgIpc) is 2.41. The molecule has 0 saturated carbocycles. The Bertz CT molecular complexity index is 450. The summed E-state index contributed by atoms with van der Waals surface area (Å²) >= 11 is 1.88. The highest BCUT2D eigenvalue weighted by atomic mass is 127. The minimum absolute atomic E-state index is 0.287. The van der Waals surface area contributed by atoms with Gasteiger partial charge in [-0.3, -0.25) is 10.1 Å². The molecule has 1 aromatic carbocycles. The summed E-state index contributed by atoms with van der Waals surface area (Å²) in [6.45, 7) is 2.50. The molecule has 1 fully saturated rings. The summed E-state index contributed by atoms with van der Waals surface area (Å²) < 4.78 is 0.634. The number of halogens is 1. The summed E-state index contributed by atoms with van der Waals surface area (Å²) in [5, 5.41) is 22.3. The molecule has 0 amide bonds. The predicted molar refractivity (Wildman–Crippen MR) is 79.5 cm³/mol. The van der Waals surface area contributed by atoms with Crippen molar-refractivity contribution in [2.45, 2.75) is 19.3 Å². The van der Waals surface area contributed by atoms with E-state index in [0.29, 0.717) is 3.57 Å². The third kappa shape index (κ3) is 5.52. The molecule has 0 bridgehead atoms. The fraction of sp³-hybridized carbons (Fsp3) is 0.417. The van der Waals surface area contributed by atoms with E-state index in [1.807, 2.05) is 22.6 Å². The lowest BCUT2D eigenvalue weighted by Gasteiger charge is -2.08. The van der Waals surface area contributed by atoms with Gasteiger partial charge in [-0.25, -0.2) is 4.79 Å². The van der Waals surface area contributed by atoms with Gasteiger partial charge in [-0.1, -0.05) is 6.42 Å². The number of benzene rings is 1.